The molecule has 8 heteroatoms. The van der Waals surface area contributed by atoms with E-state index in [0.717, 1.165) is 26.1 Å². The van der Waals surface area contributed by atoms with Crippen molar-refractivity contribution in [2.75, 3.05) is 19.6 Å². The van der Waals surface area contributed by atoms with Crippen LogP contribution >= 0.6 is 0 Å². The Morgan fingerprint density at radius 3 is 1.89 bits per heavy atom. The van der Waals surface area contributed by atoms with Crippen molar-refractivity contribution in [3.8, 4) is 0 Å². The Bertz CT molecular complexity index is 246. The van der Waals surface area contributed by atoms with E-state index in [2.05, 4.69) is 28.4 Å². The molecule has 0 aromatic heterocycles. The van der Waals surface area contributed by atoms with Crippen molar-refractivity contribution in [2.24, 2.45) is 17.7 Å². The summed E-state index contributed by atoms with van der Waals surface area (Å²) in [5.41, 5.74) is 0. The van der Waals surface area contributed by atoms with Gasteiger partial charge in [-0.3, -0.25) is 0 Å². The van der Waals surface area contributed by atoms with Crippen LogP contribution in [0.3, 0.4) is 0 Å². The van der Waals surface area contributed by atoms with Crippen LogP contribution < -0.4 is 11.8 Å². The largest absolute Gasteiger partial charge is 0.373 e. The molecule has 0 aromatic carbocycles. The molecule has 0 fully saturated rings. The molecule has 0 heterocycles. The molecule has 0 atom stereocenters. The fraction of sp³-hybridized carbons (Fsp3) is 0.818. The fourth-order valence-electron chi connectivity index (χ4n) is 1.72. The zero-order valence-electron chi connectivity index (χ0n) is 11.4. The van der Waals surface area contributed by atoms with Crippen LogP contribution in [0.5, 0.6) is 0 Å². The maximum Gasteiger partial charge on any atom is 0.338 e. The number of carbonyl (C=O) groups excluding carboxylic acids is 2. The first-order valence-corrected chi connectivity index (χ1v) is 6.14. The van der Waals surface area contributed by atoms with Gasteiger partial charge < -0.3 is 14.6 Å². The molecule has 0 bridgehead atoms. The van der Waals surface area contributed by atoms with Crippen molar-refractivity contribution in [1.29, 1.82) is 0 Å². The molecule has 7 nitrogen and oxygen atoms in total. The van der Waals surface area contributed by atoms with E-state index in [9.17, 15) is 9.59 Å². The van der Waals surface area contributed by atoms with Crippen LogP contribution in [0.2, 0.25) is 0 Å². The van der Waals surface area contributed by atoms with Crippen LogP contribution in [0, 0.1) is 5.92 Å². The zero-order valence-corrected chi connectivity index (χ0v) is 13.6. The maximum atomic E-state index is 11.2. The standard InChI is InChI=1S/C11H23N3O4.Pt/c1-3-14(4-2)8-6-5-7-9(10(15)17-12)11(16)18-13;/h9H,3-8,12-13H2,1-2H3;. The van der Waals surface area contributed by atoms with E-state index in [1.54, 1.807) is 0 Å². The van der Waals surface area contributed by atoms with Gasteiger partial charge in [0.1, 0.15) is 0 Å². The third-order valence-corrected chi connectivity index (χ3v) is 2.91. The van der Waals surface area contributed by atoms with Gasteiger partial charge in [0.05, 0.1) is 0 Å². The van der Waals surface area contributed by atoms with Crippen LogP contribution in [-0.2, 0) is 40.3 Å². The maximum absolute atomic E-state index is 11.2. The van der Waals surface area contributed by atoms with Crippen molar-refractivity contribution < 1.29 is 40.3 Å². The van der Waals surface area contributed by atoms with Crippen LogP contribution in [0.25, 0.3) is 0 Å². The van der Waals surface area contributed by atoms with E-state index in [-0.39, 0.29) is 21.1 Å². The van der Waals surface area contributed by atoms with Gasteiger partial charge in [0, 0.05) is 21.1 Å². The van der Waals surface area contributed by atoms with Gasteiger partial charge in [-0.15, -0.1) is 0 Å². The van der Waals surface area contributed by atoms with E-state index in [4.69, 9.17) is 11.8 Å². The van der Waals surface area contributed by atoms with Crippen LogP contribution in [0.1, 0.15) is 33.1 Å². The Kier molecular flexibility index (Phi) is 13.7. The van der Waals surface area contributed by atoms with Crippen molar-refractivity contribution in [2.45, 2.75) is 33.1 Å². The summed E-state index contributed by atoms with van der Waals surface area (Å²) in [6.45, 7) is 7.06. The molecule has 116 valence electrons. The molecule has 0 aromatic rings. The molecule has 0 unspecified atom stereocenters. The van der Waals surface area contributed by atoms with E-state index >= 15 is 0 Å². The fourth-order valence-corrected chi connectivity index (χ4v) is 1.72. The summed E-state index contributed by atoms with van der Waals surface area (Å²) in [4.78, 5) is 32.8. The molecule has 0 rings (SSSR count). The third-order valence-electron chi connectivity index (χ3n) is 2.91. The molecule has 0 radical (unpaired) electrons. The summed E-state index contributed by atoms with van der Waals surface area (Å²) in [5, 5.41) is 0. The van der Waals surface area contributed by atoms with E-state index in [0.29, 0.717) is 12.8 Å². The Morgan fingerprint density at radius 2 is 1.53 bits per heavy atom. The van der Waals surface area contributed by atoms with Gasteiger partial charge in [-0.05, 0) is 32.5 Å². The average Bonchev–Trinajstić information content (AvgIpc) is 2.41. The van der Waals surface area contributed by atoms with Gasteiger partial charge in [0.15, 0.2) is 5.92 Å². The van der Waals surface area contributed by atoms with Crippen LogP contribution in [-0.4, -0.2) is 36.5 Å². The average molecular weight is 456 g/mol. The minimum absolute atomic E-state index is 0. The summed E-state index contributed by atoms with van der Waals surface area (Å²) in [6, 6.07) is 0. The van der Waals surface area contributed by atoms with Crippen LogP contribution in [0.15, 0.2) is 0 Å². The topological polar surface area (TPSA) is 108 Å². The summed E-state index contributed by atoms with van der Waals surface area (Å²) in [5.74, 6) is 6.85. The number of unbranched alkanes of at least 4 members (excludes halogenated alkanes) is 1. The molecule has 0 amide bonds. The minimum atomic E-state index is -1.03. The molecule has 19 heavy (non-hydrogen) atoms. The molecule has 0 aliphatic heterocycles. The normalized spacial score (nSPS) is 10.2. The summed E-state index contributed by atoms with van der Waals surface area (Å²) < 4.78 is 0. The Labute approximate surface area is 128 Å². The van der Waals surface area contributed by atoms with Gasteiger partial charge in [-0.1, -0.05) is 20.3 Å². The number of nitrogens with two attached hydrogens (primary N) is 2. The van der Waals surface area contributed by atoms with Gasteiger partial charge in [-0.25, -0.2) is 9.59 Å². The Balaban J connectivity index is 0. The Hall–Kier alpha value is -0.492. The van der Waals surface area contributed by atoms with Gasteiger partial charge in [0.25, 0.3) is 0 Å². The molecule has 0 saturated carbocycles. The number of hydrogen-bond donors (Lipinski definition) is 2. The van der Waals surface area contributed by atoms with Gasteiger partial charge in [0.2, 0.25) is 0 Å². The predicted octanol–water partition coefficient (Wildman–Crippen LogP) is -0.0540. The number of nitrogens with zero attached hydrogens (tertiary/aromatic N) is 1. The third kappa shape index (κ3) is 8.31. The molecule has 0 aliphatic rings. The minimum Gasteiger partial charge on any atom is -0.373 e. The molecule has 4 N–H and O–H groups in total. The van der Waals surface area contributed by atoms with Gasteiger partial charge in [-0.2, -0.15) is 11.8 Å². The Morgan fingerprint density at radius 1 is 1.05 bits per heavy atom. The summed E-state index contributed by atoms with van der Waals surface area (Å²) in [6.07, 6.45) is 1.91. The van der Waals surface area contributed by atoms with E-state index < -0.39 is 17.9 Å². The first-order chi connectivity index (χ1) is 8.60. The second kappa shape index (κ2) is 12.5. The predicted molar refractivity (Wildman–Crippen MR) is 65.7 cm³/mol. The quantitative estimate of drug-likeness (QED) is 0.285. The van der Waals surface area contributed by atoms with Crippen LogP contribution in [0.4, 0.5) is 0 Å². The van der Waals surface area contributed by atoms with Crippen molar-refractivity contribution in [3.05, 3.63) is 0 Å². The number of hydrogen-bond acceptors (Lipinski definition) is 7. The molecular weight excluding hydrogens is 433 g/mol. The van der Waals surface area contributed by atoms with E-state index in [1.165, 1.54) is 0 Å². The summed E-state index contributed by atoms with van der Waals surface area (Å²) in [7, 11) is 0. The number of carbonyl (C=O) groups is 2. The SMILES string of the molecule is CCN(CC)CCCCC(C(=O)ON)C(=O)ON.[Pt]. The molecule has 0 aliphatic carbocycles. The molecular formula is C11H23N3O4Pt. The van der Waals surface area contributed by atoms with Gasteiger partial charge >= 0.3 is 11.9 Å². The smallest absolute Gasteiger partial charge is 0.338 e. The zero-order chi connectivity index (χ0) is 14.0. The second-order valence-electron chi connectivity index (χ2n) is 3.95. The van der Waals surface area contributed by atoms with Crippen molar-refractivity contribution in [3.63, 3.8) is 0 Å². The number of rotatable bonds is 9. The van der Waals surface area contributed by atoms with E-state index in [1.807, 2.05) is 0 Å². The van der Waals surface area contributed by atoms with Crippen molar-refractivity contribution in [1.82, 2.24) is 4.90 Å². The second-order valence-corrected chi connectivity index (χ2v) is 3.95. The van der Waals surface area contributed by atoms with Crippen molar-refractivity contribution >= 4 is 11.9 Å². The molecule has 0 saturated heterocycles. The molecule has 0 spiro atoms. The summed E-state index contributed by atoms with van der Waals surface area (Å²) >= 11 is 0. The first-order valence-electron chi connectivity index (χ1n) is 6.14. The monoisotopic (exact) mass is 456 g/mol. The first kappa shape index (κ1) is 20.8.